The Bertz CT molecular complexity index is 331. The third kappa shape index (κ3) is 5.33. The summed E-state index contributed by atoms with van der Waals surface area (Å²) in [6, 6.07) is 5.78. The van der Waals surface area contributed by atoms with E-state index in [1.807, 2.05) is 25.1 Å². The van der Waals surface area contributed by atoms with Crippen LogP contribution >= 0.6 is 11.8 Å². The normalized spacial score (nSPS) is 10.5. The molecule has 0 bridgehead atoms. The maximum Gasteiger partial charge on any atom is 0.120 e. The lowest BCUT2D eigenvalue weighted by Crippen LogP contribution is -1.99. The van der Waals surface area contributed by atoms with Gasteiger partial charge in [0.15, 0.2) is 0 Å². The molecular formula is C13H21NO2S. The molecule has 0 saturated carbocycles. The number of hydrogen-bond acceptors (Lipinski definition) is 4. The van der Waals surface area contributed by atoms with Crippen molar-refractivity contribution in [3.63, 3.8) is 0 Å². The molecule has 0 saturated heterocycles. The highest BCUT2D eigenvalue weighted by atomic mass is 32.2. The summed E-state index contributed by atoms with van der Waals surface area (Å²) in [5.41, 5.74) is 6.71. The summed E-state index contributed by atoms with van der Waals surface area (Å²) in [7, 11) is 0. The Balaban J connectivity index is 2.42. The summed E-state index contributed by atoms with van der Waals surface area (Å²) < 4.78 is 10.9. The van der Waals surface area contributed by atoms with Gasteiger partial charge >= 0.3 is 0 Å². The van der Waals surface area contributed by atoms with Gasteiger partial charge in [-0.15, -0.1) is 11.8 Å². The van der Waals surface area contributed by atoms with Crippen molar-refractivity contribution in [3.05, 3.63) is 18.2 Å². The van der Waals surface area contributed by atoms with Crippen molar-refractivity contribution < 1.29 is 9.47 Å². The number of hydrogen-bond donors (Lipinski definition) is 1. The van der Waals surface area contributed by atoms with E-state index in [4.69, 9.17) is 15.2 Å². The molecule has 0 amide bonds. The fourth-order valence-electron chi connectivity index (χ4n) is 1.35. The lowest BCUT2D eigenvalue weighted by atomic mass is 10.3. The van der Waals surface area contributed by atoms with Gasteiger partial charge in [-0.3, -0.25) is 0 Å². The molecule has 0 heterocycles. The average Bonchev–Trinajstić information content (AvgIpc) is 2.33. The van der Waals surface area contributed by atoms with Crippen LogP contribution in [0.5, 0.6) is 5.75 Å². The first-order chi connectivity index (χ1) is 8.27. The molecule has 0 unspecified atom stereocenters. The standard InChI is InChI=1S/C13H21NO2S/c1-3-7-15-8-9-17-13-10-11(16-4-2)5-6-12(13)14/h5-6,10H,3-4,7-9,14H2,1-2H3. The van der Waals surface area contributed by atoms with Crippen LogP contribution in [0.3, 0.4) is 0 Å². The monoisotopic (exact) mass is 255 g/mol. The Morgan fingerprint density at radius 1 is 1.24 bits per heavy atom. The molecule has 2 N–H and O–H groups in total. The Hall–Kier alpha value is -0.870. The lowest BCUT2D eigenvalue weighted by molar-refractivity contribution is 0.151. The van der Waals surface area contributed by atoms with Gasteiger partial charge in [-0.1, -0.05) is 6.92 Å². The number of benzene rings is 1. The fourth-order valence-corrected chi connectivity index (χ4v) is 2.21. The van der Waals surface area contributed by atoms with Gasteiger partial charge in [-0.2, -0.15) is 0 Å². The van der Waals surface area contributed by atoms with E-state index in [-0.39, 0.29) is 0 Å². The molecule has 0 fully saturated rings. The molecule has 0 spiro atoms. The van der Waals surface area contributed by atoms with Crippen molar-refractivity contribution in [1.29, 1.82) is 0 Å². The zero-order valence-electron chi connectivity index (χ0n) is 10.6. The van der Waals surface area contributed by atoms with Crippen LogP contribution in [0.4, 0.5) is 5.69 Å². The van der Waals surface area contributed by atoms with Crippen LogP contribution in [0.15, 0.2) is 23.1 Å². The second kappa shape index (κ2) is 8.25. The second-order valence-electron chi connectivity index (χ2n) is 3.59. The average molecular weight is 255 g/mol. The van der Waals surface area contributed by atoms with Gasteiger partial charge in [-0.25, -0.2) is 0 Å². The van der Waals surface area contributed by atoms with Crippen LogP contribution in [0.25, 0.3) is 0 Å². The van der Waals surface area contributed by atoms with Crippen molar-refractivity contribution in [2.45, 2.75) is 25.2 Å². The summed E-state index contributed by atoms with van der Waals surface area (Å²) in [4.78, 5) is 1.07. The predicted molar refractivity (Wildman–Crippen MR) is 73.9 cm³/mol. The molecular weight excluding hydrogens is 234 g/mol. The summed E-state index contributed by atoms with van der Waals surface area (Å²) in [6.45, 7) is 6.35. The zero-order valence-corrected chi connectivity index (χ0v) is 11.4. The second-order valence-corrected chi connectivity index (χ2v) is 4.73. The molecule has 96 valence electrons. The first-order valence-corrected chi connectivity index (χ1v) is 6.99. The number of rotatable bonds is 8. The van der Waals surface area contributed by atoms with E-state index in [9.17, 15) is 0 Å². The smallest absolute Gasteiger partial charge is 0.120 e. The maximum atomic E-state index is 5.91. The minimum atomic E-state index is 0.674. The summed E-state index contributed by atoms with van der Waals surface area (Å²) in [5.74, 6) is 1.79. The van der Waals surface area contributed by atoms with Crippen LogP contribution in [0, 0.1) is 0 Å². The third-order valence-corrected chi connectivity index (χ3v) is 3.17. The van der Waals surface area contributed by atoms with Crippen molar-refractivity contribution in [2.75, 3.05) is 31.3 Å². The molecule has 0 atom stereocenters. The molecule has 0 aliphatic rings. The molecule has 0 radical (unpaired) electrons. The van der Waals surface area contributed by atoms with E-state index in [1.165, 1.54) is 0 Å². The van der Waals surface area contributed by atoms with Crippen LogP contribution in [0.1, 0.15) is 20.3 Å². The Morgan fingerprint density at radius 2 is 2.06 bits per heavy atom. The molecule has 3 nitrogen and oxygen atoms in total. The first kappa shape index (κ1) is 14.2. The van der Waals surface area contributed by atoms with E-state index in [0.29, 0.717) is 6.61 Å². The SMILES string of the molecule is CCCOCCSc1cc(OCC)ccc1N. The highest BCUT2D eigenvalue weighted by molar-refractivity contribution is 7.99. The Kier molecular flexibility index (Phi) is 6.89. The van der Waals surface area contributed by atoms with Crippen molar-refractivity contribution >= 4 is 17.4 Å². The van der Waals surface area contributed by atoms with Gasteiger partial charge in [0.1, 0.15) is 5.75 Å². The summed E-state index contributed by atoms with van der Waals surface area (Å²) >= 11 is 1.71. The highest BCUT2D eigenvalue weighted by Crippen LogP contribution is 2.29. The molecule has 1 aromatic carbocycles. The minimum absolute atomic E-state index is 0.674. The number of ether oxygens (including phenoxy) is 2. The fraction of sp³-hybridized carbons (Fsp3) is 0.538. The van der Waals surface area contributed by atoms with Crippen LogP contribution in [0.2, 0.25) is 0 Å². The van der Waals surface area contributed by atoms with E-state index >= 15 is 0 Å². The predicted octanol–water partition coefficient (Wildman–Crippen LogP) is 3.19. The minimum Gasteiger partial charge on any atom is -0.494 e. The van der Waals surface area contributed by atoms with E-state index in [1.54, 1.807) is 11.8 Å². The zero-order chi connectivity index (χ0) is 12.5. The van der Waals surface area contributed by atoms with Crippen molar-refractivity contribution in [3.8, 4) is 5.75 Å². The van der Waals surface area contributed by atoms with E-state index in [0.717, 1.165) is 41.7 Å². The quantitative estimate of drug-likeness (QED) is 0.440. The molecule has 0 aliphatic carbocycles. The van der Waals surface area contributed by atoms with Gasteiger partial charge < -0.3 is 15.2 Å². The van der Waals surface area contributed by atoms with Crippen LogP contribution in [-0.4, -0.2) is 25.6 Å². The van der Waals surface area contributed by atoms with E-state index < -0.39 is 0 Å². The summed E-state index contributed by atoms with van der Waals surface area (Å²) in [6.07, 6.45) is 1.06. The van der Waals surface area contributed by atoms with Crippen LogP contribution < -0.4 is 10.5 Å². The molecule has 0 aromatic heterocycles. The maximum absolute atomic E-state index is 5.91. The van der Waals surface area contributed by atoms with E-state index in [2.05, 4.69) is 6.92 Å². The number of nitrogens with two attached hydrogens (primary N) is 1. The Labute approximate surface area is 108 Å². The number of thioether (sulfide) groups is 1. The van der Waals surface area contributed by atoms with Crippen molar-refractivity contribution in [2.24, 2.45) is 0 Å². The molecule has 1 aromatic rings. The lowest BCUT2D eigenvalue weighted by Gasteiger charge is -2.09. The molecule has 0 aliphatic heterocycles. The molecule has 4 heteroatoms. The molecule has 17 heavy (non-hydrogen) atoms. The topological polar surface area (TPSA) is 44.5 Å². The summed E-state index contributed by atoms with van der Waals surface area (Å²) in [5, 5.41) is 0. The van der Waals surface area contributed by atoms with Crippen LogP contribution in [-0.2, 0) is 4.74 Å². The highest BCUT2D eigenvalue weighted by Gasteiger charge is 2.02. The van der Waals surface area contributed by atoms with Crippen molar-refractivity contribution in [1.82, 2.24) is 0 Å². The Morgan fingerprint density at radius 3 is 2.76 bits per heavy atom. The van der Waals surface area contributed by atoms with Gasteiger partial charge in [0.25, 0.3) is 0 Å². The van der Waals surface area contributed by atoms with Gasteiger partial charge in [0.05, 0.1) is 13.2 Å². The molecule has 1 rings (SSSR count). The van der Waals surface area contributed by atoms with Gasteiger partial charge in [0.2, 0.25) is 0 Å². The first-order valence-electron chi connectivity index (χ1n) is 6.00. The number of nitrogen functional groups attached to an aromatic ring is 1. The third-order valence-electron chi connectivity index (χ3n) is 2.13. The van der Waals surface area contributed by atoms with Gasteiger partial charge in [-0.05, 0) is 31.5 Å². The largest absolute Gasteiger partial charge is 0.494 e. The number of anilines is 1. The van der Waals surface area contributed by atoms with Gasteiger partial charge in [0, 0.05) is 22.9 Å².